The van der Waals surface area contributed by atoms with Gasteiger partial charge < -0.3 is 4.74 Å². The SMILES string of the molecule is CC(C)S(=O)(=O)N1[C@@H]2CC[C@@H](C2)[C@H]1COc1cccc(C(F)(F)F)c1. The molecule has 2 aliphatic rings. The quantitative estimate of drug-likeness (QED) is 0.787. The zero-order valence-electron chi connectivity index (χ0n) is 14.2. The largest absolute Gasteiger partial charge is 0.492 e. The van der Waals surface area contributed by atoms with Crippen LogP contribution in [-0.2, 0) is 16.2 Å². The Hall–Kier alpha value is -1.28. The standard InChI is InChI=1S/C17H22F3NO3S/c1-11(2)25(22,23)21-14-7-6-12(8-14)16(21)10-24-15-5-3-4-13(9-15)17(18,19)20/h3-5,9,11-12,14,16H,6-8,10H2,1-2H3/t12-,14+,16+/m0/s1. The third-order valence-corrected chi connectivity index (χ3v) is 7.50. The molecule has 140 valence electrons. The van der Waals surface area contributed by atoms with Crippen molar-refractivity contribution in [2.45, 2.75) is 56.6 Å². The van der Waals surface area contributed by atoms with Gasteiger partial charge in [0.1, 0.15) is 12.4 Å². The maximum absolute atomic E-state index is 12.8. The summed E-state index contributed by atoms with van der Waals surface area (Å²) in [5.41, 5.74) is -0.774. The molecule has 1 aliphatic carbocycles. The van der Waals surface area contributed by atoms with E-state index < -0.39 is 27.0 Å². The third-order valence-electron chi connectivity index (χ3n) is 5.15. The topological polar surface area (TPSA) is 46.6 Å². The van der Waals surface area contributed by atoms with Crippen LogP contribution in [0.3, 0.4) is 0 Å². The monoisotopic (exact) mass is 377 g/mol. The normalized spacial score (nSPS) is 27.2. The van der Waals surface area contributed by atoms with Crippen LogP contribution < -0.4 is 4.74 Å². The lowest BCUT2D eigenvalue weighted by Gasteiger charge is -2.35. The molecule has 0 amide bonds. The predicted octanol–water partition coefficient (Wildman–Crippen LogP) is 3.68. The van der Waals surface area contributed by atoms with Crippen LogP contribution in [0.15, 0.2) is 24.3 Å². The predicted molar refractivity (Wildman–Crippen MR) is 87.8 cm³/mol. The molecule has 1 aliphatic heterocycles. The summed E-state index contributed by atoms with van der Waals surface area (Å²) in [5, 5.41) is -0.525. The van der Waals surface area contributed by atoms with Gasteiger partial charge in [-0.05, 0) is 57.2 Å². The van der Waals surface area contributed by atoms with Gasteiger partial charge in [0, 0.05) is 6.04 Å². The Morgan fingerprint density at radius 1 is 1.28 bits per heavy atom. The molecule has 1 saturated heterocycles. The van der Waals surface area contributed by atoms with Crippen molar-refractivity contribution >= 4 is 10.0 Å². The Labute approximate surface area is 146 Å². The fourth-order valence-electron chi connectivity index (χ4n) is 3.84. The van der Waals surface area contributed by atoms with Crippen LogP contribution >= 0.6 is 0 Å². The van der Waals surface area contributed by atoms with Gasteiger partial charge in [0.05, 0.1) is 16.9 Å². The highest BCUT2D eigenvalue weighted by Gasteiger charge is 2.51. The third kappa shape index (κ3) is 3.51. The molecule has 1 aromatic carbocycles. The fraction of sp³-hybridized carbons (Fsp3) is 0.647. The molecule has 25 heavy (non-hydrogen) atoms. The summed E-state index contributed by atoms with van der Waals surface area (Å²) < 4.78 is 70.8. The average Bonchev–Trinajstić information content (AvgIpc) is 3.13. The van der Waals surface area contributed by atoms with E-state index in [1.54, 1.807) is 18.2 Å². The first-order valence-electron chi connectivity index (χ1n) is 8.43. The minimum Gasteiger partial charge on any atom is -0.492 e. The lowest BCUT2D eigenvalue weighted by atomic mass is 10.0. The number of alkyl halides is 3. The molecule has 1 saturated carbocycles. The van der Waals surface area contributed by atoms with E-state index in [2.05, 4.69) is 0 Å². The van der Waals surface area contributed by atoms with E-state index in [1.165, 1.54) is 12.1 Å². The molecular weight excluding hydrogens is 355 g/mol. The minimum atomic E-state index is -4.43. The van der Waals surface area contributed by atoms with Gasteiger partial charge in [-0.25, -0.2) is 8.42 Å². The number of fused-ring (bicyclic) bond motifs is 2. The number of nitrogens with zero attached hydrogens (tertiary/aromatic N) is 1. The van der Waals surface area contributed by atoms with Crippen molar-refractivity contribution in [3.05, 3.63) is 29.8 Å². The Balaban J connectivity index is 1.76. The Morgan fingerprint density at radius 2 is 2.00 bits per heavy atom. The van der Waals surface area contributed by atoms with E-state index in [0.29, 0.717) is 0 Å². The molecule has 0 unspecified atom stereocenters. The lowest BCUT2D eigenvalue weighted by Crippen LogP contribution is -2.50. The van der Waals surface area contributed by atoms with E-state index in [4.69, 9.17) is 4.74 Å². The highest BCUT2D eigenvalue weighted by atomic mass is 32.2. The van der Waals surface area contributed by atoms with Crippen LogP contribution in [0.25, 0.3) is 0 Å². The maximum Gasteiger partial charge on any atom is 0.416 e. The van der Waals surface area contributed by atoms with Gasteiger partial charge in [0.15, 0.2) is 0 Å². The molecule has 8 heteroatoms. The second-order valence-electron chi connectivity index (χ2n) is 7.05. The number of ether oxygens (including phenoxy) is 1. The number of piperidine rings is 1. The van der Waals surface area contributed by atoms with E-state index in [-0.39, 0.29) is 30.4 Å². The van der Waals surface area contributed by atoms with Crippen molar-refractivity contribution in [2.75, 3.05) is 6.61 Å². The first-order chi connectivity index (χ1) is 11.6. The lowest BCUT2D eigenvalue weighted by molar-refractivity contribution is -0.137. The highest BCUT2D eigenvalue weighted by molar-refractivity contribution is 7.89. The van der Waals surface area contributed by atoms with Crippen LogP contribution in [0.2, 0.25) is 0 Å². The van der Waals surface area contributed by atoms with Crippen molar-refractivity contribution in [1.29, 1.82) is 0 Å². The van der Waals surface area contributed by atoms with Crippen molar-refractivity contribution in [3.8, 4) is 5.75 Å². The van der Waals surface area contributed by atoms with E-state index >= 15 is 0 Å². The van der Waals surface area contributed by atoms with E-state index in [9.17, 15) is 21.6 Å². The van der Waals surface area contributed by atoms with E-state index in [1.807, 2.05) is 0 Å². The number of rotatable bonds is 5. The number of sulfonamides is 1. The van der Waals surface area contributed by atoms with Crippen LogP contribution in [0.1, 0.15) is 38.7 Å². The molecular formula is C17H22F3NO3S. The molecule has 0 N–H and O–H groups in total. The fourth-order valence-corrected chi connectivity index (χ4v) is 5.55. The van der Waals surface area contributed by atoms with Crippen LogP contribution in [-0.4, -0.2) is 36.7 Å². The van der Waals surface area contributed by atoms with Crippen LogP contribution in [0.4, 0.5) is 13.2 Å². The smallest absolute Gasteiger partial charge is 0.416 e. The first kappa shape index (κ1) is 18.5. The first-order valence-corrected chi connectivity index (χ1v) is 9.93. The van der Waals surface area contributed by atoms with Gasteiger partial charge in [-0.2, -0.15) is 17.5 Å². The van der Waals surface area contributed by atoms with Gasteiger partial charge in [-0.15, -0.1) is 0 Å². The zero-order valence-corrected chi connectivity index (χ0v) is 15.0. The number of hydrogen-bond acceptors (Lipinski definition) is 3. The molecule has 1 aromatic rings. The number of halogens is 3. The van der Waals surface area contributed by atoms with E-state index in [0.717, 1.165) is 31.4 Å². The Kier molecular flexibility index (Phi) is 4.79. The summed E-state index contributed by atoms with van der Waals surface area (Å²) in [4.78, 5) is 0. The Bertz CT molecular complexity index is 733. The van der Waals surface area contributed by atoms with Crippen LogP contribution in [0, 0.1) is 5.92 Å². The second-order valence-corrected chi connectivity index (χ2v) is 9.45. The van der Waals surface area contributed by atoms with Gasteiger partial charge in [0.25, 0.3) is 0 Å². The molecule has 2 fully saturated rings. The molecule has 2 bridgehead atoms. The molecule has 0 spiro atoms. The van der Waals surface area contributed by atoms with Crippen LogP contribution in [0.5, 0.6) is 5.75 Å². The minimum absolute atomic E-state index is 0.00694. The van der Waals surface area contributed by atoms with Gasteiger partial charge >= 0.3 is 6.18 Å². The van der Waals surface area contributed by atoms with Gasteiger partial charge in [-0.3, -0.25) is 0 Å². The molecule has 0 radical (unpaired) electrons. The number of benzene rings is 1. The number of hydrogen-bond donors (Lipinski definition) is 0. The summed E-state index contributed by atoms with van der Waals surface area (Å²) in [7, 11) is -3.42. The Morgan fingerprint density at radius 3 is 2.64 bits per heavy atom. The van der Waals surface area contributed by atoms with Crippen molar-refractivity contribution in [2.24, 2.45) is 5.92 Å². The summed E-state index contributed by atoms with van der Waals surface area (Å²) in [6, 6.07) is 4.38. The molecule has 4 nitrogen and oxygen atoms in total. The zero-order chi connectivity index (χ0) is 18.4. The summed E-state index contributed by atoms with van der Waals surface area (Å²) in [5.74, 6) is 0.323. The molecule has 3 rings (SSSR count). The molecule has 1 heterocycles. The average molecular weight is 377 g/mol. The second kappa shape index (κ2) is 6.46. The van der Waals surface area contributed by atoms with Crippen molar-refractivity contribution < 1.29 is 26.3 Å². The summed E-state index contributed by atoms with van der Waals surface area (Å²) in [6.07, 6.45) is -1.84. The molecule has 0 aromatic heterocycles. The van der Waals surface area contributed by atoms with Crippen molar-refractivity contribution in [3.63, 3.8) is 0 Å². The highest BCUT2D eigenvalue weighted by Crippen LogP contribution is 2.45. The van der Waals surface area contributed by atoms with Crippen molar-refractivity contribution in [1.82, 2.24) is 4.31 Å². The van der Waals surface area contributed by atoms with Gasteiger partial charge in [-0.1, -0.05) is 6.07 Å². The molecule has 3 atom stereocenters. The maximum atomic E-state index is 12.8. The summed E-state index contributed by atoms with van der Waals surface area (Å²) >= 11 is 0. The van der Waals surface area contributed by atoms with Gasteiger partial charge in [0.2, 0.25) is 10.0 Å². The summed E-state index contributed by atoms with van der Waals surface area (Å²) in [6.45, 7) is 3.37.